The number of Topliss-reactive ketones (excluding diaryl/α,β-unsaturated/α-hetero) is 1. The second-order valence-corrected chi connectivity index (χ2v) is 6.16. The highest BCUT2D eigenvalue weighted by Crippen LogP contribution is 2.15. The zero-order chi connectivity index (χ0) is 13.2. The average Bonchev–Trinajstić information content (AvgIpc) is 2.79. The molecule has 18 heavy (non-hydrogen) atoms. The molecule has 2 aromatic heterocycles. The van der Waals surface area contributed by atoms with Crippen molar-refractivity contribution >= 4 is 25.5 Å². The lowest BCUT2D eigenvalue weighted by Crippen LogP contribution is -2.04. The first-order valence-corrected chi connectivity index (χ1v) is 7.33. The summed E-state index contributed by atoms with van der Waals surface area (Å²) in [5, 5.41) is -0.178. The van der Waals surface area contributed by atoms with Gasteiger partial charge < -0.3 is 4.98 Å². The number of aromatic nitrogens is 2. The van der Waals surface area contributed by atoms with Crippen LogP contribution in [0.4, 0.5) is 0 Å². The molecule has 0 bridgehead atoms. The molecule has 5 nitrogen and oxygen atoms in total. The van der Waals surface area contributed by atoms with Crippen LogP contribution in [-0.4, -0.2) is 24.2 Å². The van der Waals surface area contributed by atoms with Gasteiger partial charge in [0.25, 0.3) is 9.05 Å². The third-order valence-electron chi connectivity index (χ3n) is 2.34. The Bertz CT molecular complexity index is 665. The van der Waals surface area contributed by atoms with Gasteiger partial charge in [-0.3, -0.25) is 9.78 Å². The minimum atomic E-state index is -3.83. The number of nitrogens with zero attached hydrogens (tertiary/aromatic N) is 1. The molecule has 2 rings (SSSR count). The minimum absolute atomic E-state index is 0.171. The Labute approximate surface area is 108 Å². The predicted octanol–water partition coefficient (Wildman–Crippen LogP) is 1.76. The molecule has 0 aliphatic rings. The molecule has 0 radical (unpaired) electrons. The highest BCUT2D eigenvalue weighted by atomic mass is 35.7. The van der Waals surface area contributed by atoms with E-state index in [4.69, 9.17) is 10.7 Å². The van der Waals surface area contributed by atoms with Gasteiger partial charge in [-0.1, -0.05) is 0 Å². The smallest absolute Gasteiger partial charge is 0.276 e. The van der Waals surface area contributed by atoms with Crippen LogP contribution in [0.2, 0.25) is 0 Å². The van der Waals surface area contributed by atoms with Gasteiger partial charge in [-0.2, -0.15) is 0 Å². The number of rotatable bonds is 4. The van der Waals surface area contributed by atoms with E-state index in [1.807, 2.05) is 0 Å². The Morgan fingerprint density at radius 1 is 1.22 bits per heavy atom. The molecular formula is C11H9ClN2O3S. The summed E-state index contributed by atoms with van der Waals surface area (Å²) in [4.78, 5) is 18.2. The fourth-order valence-corrected chi connectivity index (χ4v) is 2.19. The maximum Gasteiger partial charge on any atom is 0.276 e. The van der Waals surface area contributed by atoms with Crippen LogP contribution < -0.4 is 0 Å². The summed E-state index contributed by atoms with van der Waals surface area (Å²) in [7, 11) is 1.32. The SMILES string of the molecule is O=C(Cc1ccncc1)c1ccc(S(=O)(=O)Cl)[nH]1. The summed E-state index contributed by atoms with van der Waals surface area (Å²) in [6.45, 7) is 0. The van der Waals surface area contributed by atoms with Crippen molar-refractivity contribution in [2.75, 3.05) is 0 Å². The zero-order valence-electron chi connectivity index (χ0n) is 9.13. The van der Waals surface area contributed by atoms with Crippen molar-refractivity contribution < 1.29 is 13.2 Å². The number of hydrogen-bond donors (Lipinski definition) is 1. The second kappa shape index (κ2) is 4.91. The van der Waals surface area contributed by atoms with Gasteiger partial charge in [-0.05, 0) is 29.8 Å². The quantitative estimate of drug-likeness (QED) is 0.685. The van der Waals surface area contributed by atoms with Gasteiger partial charge in [-0.15, -0.1) is 0 Å². The third kappa shape index (κ3) is 2.96. The lowest BCUT2D eigenvalue weighted by molar-refractivity contribution is 0.0988. The molecule has 0 aliphatic heterocycles. The number of halogens is 1. The van der Waals surface area contributed by atoms with Crippen molar-refractivity contribution in [2.45, 2.75) is 11.4 Å². The number of hydrogen-bond acceptors (Lipinski definition) is 4. The molecular weight excluding hydrogens is 276 g/mol. The van der Waals surface area contributed by atoms with Gasteiger partial charge in [0.15, 0.2) is 5.78 Å². The standard InChI is InChI=1S/C11H9ClN2O3S/c12-18(16,17)11-2-1-9(14-11)10(15)7-8-3-5-13-6-4-8/h1-6,14H,7H2. The largest absolute Gasteiger partial charge is 0.342 e. The molecule has 0 spiro atoms. The fourth-order valence-electron chi connectivity index (χ4n) is 1.46. The van der Waals surface area contributed by atoms with Crippen LogP contribution in [0.3, 0.4) is 0 Å². The van der Waals surface area contributed by atoms with E-state index in [2.05, 4.69) is 9.97 Å². The van der Waals surface area contributed by atoms with Crippen molar-refractivity contribution in [3.8, 4) is 0 Å². The van der Waals surface area contributed by atoms with Gasteiger partial charge in [0.1, 0.15) is 5.03 Å². The molecule has 0 atom stereocenters. The highest BCUT2D eigenvalue weighted by molar-refractivity contribution is 8.13. The van der Waals surface area contributed by atoms with Crippen LogP contribution >= 0.6 is 10.7 Å². The normalized spacial score (nSPS) is 11.4. The van der Waals surface area contributed by atoms with Gasteiger partial charge in [0.05, 0.1) is 5.69 Å². The number of H-pyrrole nitrogens is 1. The molecule has 1 N–H and O–H groups in total. The Morgan fingerprint density at radius 3 is 2.44 bits per heavy atom. The fraction of sp³-hybridized carbons (Fsp3) is 0.0909. The van der Waals surface area contributed by atoms with E-state index in [1.54, 1.807) is 24.5 Å². The van der Waals surface area contributed by atoms with Gasteiger partial charge in [-0.25, -0.2) is 8.42 Å². The Morgan fingerprint density at radius 2 is 1.89 bits per heavy atom. The van der Waals surface area contributed by atoms with E-state index in [9.17, 15) is 13.2 Å². The maximum atomic E-state index is 11.9. The molecule has 0 amide bonds. The first-order valence-electron chi connectivity index (χ1n) is 5.02. The minimum Gasteiger partial charge on any atom is -0.342 e. The third-order valence-corrected chi connectivity index (χ3v) is 3.60. The number of carbonyl (C=O) groups excluding carboxylic acids is 1. The number of pyridine rings is 1. The number of nitrogens with one attached hydrogen (secondary N) is 1. The molecule has 7 heteroatoms. The van der Waals surface area contributed by atoms with Crippen molar-refractivity contribution in [2.24, 2.45) is 0 Å². The first-order chi connectivity index (χ1) is 8.47. The van der Waals surface area contributed by atoms with E-state index < -0.39 is 9.05 Å². The van der Waals surface area contributed by atoms with Crippen LogP contribution in [0.15, 0.2) is 41.7 Å². The lowest BCUT2D eigenvalue weighted by Gasteiger charge is -1.98. The molecule has 0 saturated carbocycles. The summed E-state index contributed by atoms with van der Waals surface area (Å²) in [5.41, 5.74) is 1.02. The molecule has 94 valence electrons. The highest BCUT2D eigenvalue weighted by Gasteiger charge is 2.15. The van der Waals surface area contributed by atoms with Crippen LogP contribution in [0, 0.1) is 0 Å². The monoisotopic (exact) mass is 284 g/mol. The predicted molar refractivity (Wildman–Crippen MR) is 66.1 cm³/mol. The summed E-state index contributed by atoms with van der Waals surface area (Å²) in [6.07, 6.45) is 3.35. The number of ketones is 1. The first kappa shape index (κ1) is 12.8. The van der Waals surface area contributed by atoms with Crippen molar-refractivity contribution in [3.63, 3.8) is 0 Å². The summed E-state index contributed by atoms with van der Waals surface area (Å²) >= 11 is 0. The Balaban J connectivity index is 2.18. The number of carbonyl (C=O) groups is 1. The number of aromatic amines is 1. The van der Waals surface area contributed by atoms with Crippen LogP contribution in [0.1, 0.15) is 16.1 Å². The molecule has 0 saturated heterocycles. The average molecular weight is 285 g/mol. The lowest BCUT2D eigenvalue weighted by atomic mass is 10.1. The molecule has 0 aliphatic carbocycles. The molecule has 0 fully saturated rings. The Hall–Kier alpha value is -1.66. The van der Waals surface area contributed by atoms with E-state index in [0.717, 1.165) is 5.56 Å². The maximum absolute atomic E-state index is 11.9. The second-order valence-electron chi connectivity index (χ2n) is 3.63. The van der Waals surface area contributed by atoms with Crippen molar-refractivity contribution in [3.05, 3.63) is 47.9 Å². The zero-order valence-corrected chi connectivity index (χ0v) is 10.7. The van der Waals surface area contributed by atoms with Crippen molar-refractivity contribution in [1.29, 1.82) is 0 Å². The summed E-state index contributed by atoms with van der Waals surface area (Å²) in [5.74, 6) is -0.215. The Kier molecular flexibility index (Phi) is 3.49. The van der Waals surface area contributed by atoms with E-state index in [-0.39, 0.29) is 22.9 Å². The van der Waals surface area contributed by atoms with Gasteiger partial charge in [0, 0.05) is 29.5 Å². The molecule has 0 unspecified atom stereocenters. The van der Waals surface area contributed by atoms with Crippen LogP contribution in [-0.2, 0) is 15.5 Å². The van der Waals surface area contributed by atoms with Crippen LogP contribution in [0.5, 0.6) is 0 Å². The topological polar surface area (TPSA) is 79.9 Å². The van der Waals surface area contributed by atoms with E-state index >= 15 is 0 Å². The summed E-state index contributed by atoms with van der Waals surface area (Å²) in [6, 6.07) is 6.11. The summed E-state index contributed by atoms with van der Waals surface area (Å²) < 4.78 is 22.1. The molecule has 0 aromatic carbocycles. The van der Waals surface area contributed by atoms with Crippen molar-refractivity contribution in [1.82, 2.24) is 9.97 Å². The molecule has 2 heterocycles. The van der Waals surface area contributed by atoms with Crippen LogP contribution in [0.25, 0.3) is 0 Å². The van der Waals surface area contributed by atoms with Gasteiger partial charge >= 0.3 is 0 Å². The molecule has 2 aromatic rings. The van der Waals surface area contributed by atoms with E-state index in [0.29, 0.717) is 0 Å². The van der Waals surface area contributed by atoms with Gasteiger partial charge in [0.2, 0.25) is 0 Å². The van der Waals surface area contributed by atoms with E-state index in [1.165, 1.54) is 12.1 Å².